The van der Waals surface area contributed by atoms with Crippen LogP contribution < -0.4 is 5.73 Å². The van der Waals surface area contributed by atoms with E-state index in [-0.39, 0.29) is 10.2 Å². The van der Waals surface area contributed by atoms with Crippen molar-refractivity contribution in [2.45, 2.75) is 0 Å². The molecule has 0 aromatic heterocycles. The molecule has 0 spiro atoms. The van der Waals surface area contributed by atoms with Gasteiger partial charge in [0.25, 0.3) is 0 Å². The Hall–Kier alpha value is -1.17. The van der Waals surface area contributed by atoms with Gasteiger partial charge in [-0.2, -0.15) is 0 Å². The van der Waals surface area contributed by atoms with E-state index in [1.54, 1.807) is 0 Å². The van der Waals surface area contributed by atoms with E-state index in [0.29, 0.717) is 6.07 Å². The highest BCUT2D eigenvalue weighted by Gasteiger charge is 2.21. The quantitative estimate of drug-likeness (QED) is 0.481. The second-order valence-corrected chi connectivity index (χ2v) is 3.23. The van der Waals surface area contributed by atoms with Crippen LogP contribution in [0, 0.1) is 11.6 Å². The number of carbonyl (C=O) groups excluding carboxylic acids is 1. The van der Waals surface area contributed by atoms with Crippen LogP contribution >= 0.6 is 15.9 Å². The number of anilines is 1. The molecule has 0 heterocycles. The van der Waals surface area contributed by atoms with E-state index in [1.165, 1.54) is 0 Å². The number of hydrogen-bond donors (Lipinski definition) is 1. The number of esters is 1. The first-order valence-corrected chi connectivity index (χ1v) is 4.29. The van der Waals surface area contributed by atoms with Gasteiger partial charge in [0.2, 0.25) is 0 Å². The smallest absolute Gasteiger partial charge is 0.343 e. The van der Waals surface area contributed by atoms with Crippen LogP contribution in [0.5, 0.6) is 0 Å². The molecule has 0 saturated carbocycles. The summed E-state index contributed by atoms with van der Waals surface area (Å²) < 4.78 is 30.1. The third kappa shape index (κ3) is 1.70. The van der Waals surface area contributed by atoms with Crippen molar-refractivity contribution in [1.29, 1.82) is 0 Å². The largest absolute Gasteiger partial charge is 0.465 e. The summed E-state index contributed by atoms with van der Waals surface area (Å²) in [7, 11) is 1.08. The van der Waals surface area contributed by atoms with E-state index < -0.39 is 23.2 Å². The van der Waals surface area contributed by atoms with Gasteiger partial charge >= 0.3 is 5.97 Å². The van der Waals surface area contributed by atoms with Gasteiger partial charge in [0.1, 0.15) is 17.2 Å². The topological polar surface area (TPSA) is 52.3 Å². The van der Waals surface area contributed by atoms with Crippen LogP contribution in [-0.2, 0) is 4.74 Å². The molecule has 0 aliphatic heterocycles. The molecule has 2 N–H and O–H groups in total. The molecular weight excluding hydrogens is 260 g/mol. The van der Waals surface area contributed by atoms with Crippen LogP contribution in [0.1, 0.15) is 10.4 Å². The minimum Gasteiger partial charge on any atom is -0.465 e. The summed E-state index contributed by atoms with van der Waals surface area (Å²) in [5, 5.41) is 0. The molecule has 1 rings (SSSR count). The molecule has 6 heteroatoms. The number of halogens is 3. The van der Waals surface area contributed by atoms with Gasteiger partial charge in [-0.05, 0) is 15.9 Å². The fourth-order valence-corrected chi connectivity index (χ4v) is 1.24. The Labute approximate surface area is 87.0 Å². The molecule has 1 aromatic carbocycles. The highest BCUT2D eigenvalue weighted by atomic mass is 79.9. The van der Waals surface area contributed by atoms with Crippen LogP contribution in [0.2, 0.25) is 0 Å². The fourth-order valence-electron chi connectivity index (χ4n) is 0.923. The molecule has 0 aliphatic rings. The monoisotopic (exact) mass is 265 g/mol. The van der Waals surface area contributed by atoms with Crippen molar-refractivity contribution in [3.8, 4) is 0 Å². The van der Waals surface area contributed by atoms with Crippen LogP contribution in [0.4, 0.5) is 14.5 Å². The summed E-state index contributed by atoms with van der Waals surface area (Å²) in [6.45, 7) is 0. The van der Waals surface area contributed by atoms with Crippen molar-refractivity contribution in [3.05, 3.63) is 27.7 Å². The Morgan fingerprint density at radius 1 is 1.50 bits per heavy atom. The van der Waals surface area contributed by atoms with Crippen LogP contribution in [0.25, 0.3) is 0 Å². The van der Waals surface area contributed by atoms with Gasteiger partial charge in [-0.25, -0.2) is 13.6 Å². The normalized spacial score (nSPS) is 10.0. The average Bonchev–Trinajstić information content (AvgIpc) is 2.14. The number of ether oxygens (including phenoxy) is 1. The maximum atomic E-state index is 13.1. The van der Waals surface area contributed by atoms with E-state index in [2.05, 4.69) is 20.7 Å². The zero-order valence-corrected chi connectivity index (χ0v) is 8.69. The van der Waals surface area contributed by atoms with Gasteiger partial charge in [0.05, 0.1) is 17.3 Å². The number of nitrogen functional groups attached to an aromatic ring is 1. The molecule has 3 nitrogen and oxygen atoms in total. The first kappa shape index (κ1) is 10.9. The van der Waals surface area contributed by atoms with E-state index in [4.69, 9.17) is 5.73 Å². The van der Waals surface area contributed by atoms with Crippen molar-refractivity contribution in [2.24, 2.45) is 0 Å². The minimum absolute atomic E-state index is 0.153. The third-order valence-corrected chi connectivity index (χ3v) is 2.40. The Morgan fingerprint density at radius 3 is 2.57 bits per heavy atom. The molecule has 0 atom stereocenters. The van der Waals surface area contributed by atoms with E-state index in [0.717, 1.165) is 7.11 Å². The number of hydrogen-bond acceptors (Lipinski definition) is 3. The standard InChI is InChI=1S/C8H6BrF2NO2/c1-14-8(13)5-3(10)2-4(11)6(9)7(5)12/h2H,12H2,1H3. The Balaban J connectivity index is 3.44. The van der Waals surface area contributed by atoms with Crippen molar-refractivity contribution in [1.82, 2.24) is 0 Å². The molecule has 0 saturated heterocycles. The zero-order chi connectivity index (χ0) is 10.9. The second-order valence-electron chi connectivity index (χ2n) is 2.43. The Morgan fingerprint density at radius 2 is 2.07 bits per heavy atom. The number of benzene rings is 1. The van der Waals surface area contributed by atoms with Gasteiger partial charge in [0, 0.05) is 6.07 Å². The van der Waals surface area contributed by atoms with Crippen LogP contribution in [0.15, 0.2) is 10.5 Å². The van der Waals surface area contributed by atoms with Gasteiger partial charge in [-0.3, -0.25) is 0 Å². The van der Waals surface area contributed by atoms with Crippen LogP contribution in [-0.4, -0.2) is 13.1 Å². The highest BCUT2D eigenvalue weighted by molar-refractivity contribution is 9.10. The molecule has 14 heavy (non-hydrogen) atoms. The average molecular weight is 266 g/mol. The molecule has 1 aromatic rings. The summed E-state index contributed by atoms with van der Waals surface area (Å²) in [5.74, 6) is -2.86. The molecule has 76 valence electrons. The highest BCUT2D eigenvalue weighted by Crippen LogP contribution is 2.29. The molecule has 0 unspecified atom stereocenters. The van der Waals surface area contributed by atoms with Crippen LogP contribution in [0.3, 0.4) is 0 Å². The molecule has 0 aliphatic carbocycles. The van der Waals surface area contributed by atoms with Gasteiger partial charge in [0.15, 0.2) is 0 Å². The van der Waals surface area contributed by atoms with Crippen molar-refractivity contribution in [2.75, 3.05) is 12.8 Å². The van der Waals surface area contributed by atoms with Crippen molar-refractivity contribution in [3.63, 3.8) is 0 Å². The third-order valence-electron chi connectivity index (χ3n) is 1.60. The lowest BCUT2D eigenvalue weighted by atomic mass is 10.1. The van der Waals surface area contributed by atoms with E-state index in [9.17, 15) is 13.6 Å². The van der Waals surface area contributed by atoms with Crippen molar-refractivity contribution >= 4 is 27.6 Å². The second kappa shape index (κ2) is 3.91. The molecule has 0 bridgehead atoms. The predicted molar refractivity (Wildman–Crippen MR) is 49.8 cm³/mol. The van der Waals surface area contributed by atoms with E-state index in [1.807, 2.05) is 0 Å². The predicted octanol–water partition coefficient (Wildman–Crippen LogP) is 2.10. The first-order chi connectivity index (χ1) is 6.49. The lowest BCUT2D eigenvalue weighted by Gasteiger charge is -2.07. The summed E-state index contributed by atoms with van der Waals surface area (Å²) >= 11 is 2.79. The van der Waals surface area contributed by atoms with Gasteiger partial charge in [-0.1, -0.05) is 0 Å². The SMILES string of the molecule is COC(=O)c1c(F)cc(F)c(Br)c1N. The summed E-state index contributed by atoms with van der Waals surface area (Å²) in [6, 6.07) is 0.562. The van der Waals surface area contributed by atoms with E-state index >= 15 is 0 Å². The lowest BCUT2D eigenvalue weighted by Crippen LogP contribution is -2.10. The molecule has 0 fully saturated rings. The van der Waals surface area contributed by atoms with Gasteiger partial charge in [-0.15, -0.1) is 0 Å². The Kier molecular flexibility index (Phi) is 3.05. The minimum atomic E-state index is -1.05. The molecule has 0 amide bonds. The maximum Gasteiger partial charge on any atom is 0.343 e. The lowest BCUT2D eigenvalue weighted by molar-refractivity contribution is 0.0596. The number of carbonyl (C=O) groups is 1. The fraction of sp³-hybridized carbons (Fsp3) is 0.125. The number of methoxy groups -OCH3 is 1. The summed E-state index contributed by atoms with van der Waals surface area (Å²) in [5.41, 5.74) is 4.55. The summed E-state index contributed by atoms with van der Waals surface area (Å²) in [6.07, 6.45) is 0. The number of nitrogens with two attached hydrogens (primary N) is 1. The number of rotatable bonds is 1. The first-order valence-electron chi connectivity index (χ1n) is 3.50. The van der Waals surface area contributed by atoms with Gasteiger partial charge < -0.3 is 10.5 Å². The zero-order valence-electron chi connectivity index (χ0n) is 7.11. The molecule has 0 radical (unpaired) electrons. The Bertz CT molecular complexity index is 395. The maximum absolute atomic E-state index is 13.1. The summed E-state index contributed by atoms with van der Waals surface area (Å²) in [4.78, 5) is 11.0. The van der Waals surface area contributed by atoms with Crippen molar-refractivity contribution < 1.29 is 18.3 Å². The molecular formula is C8H6BrF2NO2.